The number of methoxy groups -OCH3 is 1. The molecule has 3 heterocycles. The van der Waals surface area contributed by atoms with Crippen LogP contribution in [0.1, 0.15) is 54.1 Å². The first-order valence-corrected chi connectivity index (χ1v) is 8.61. The third-order valence-electron chi connectivity index (χ3n) is 4.97. The number of anilines is 1. The van der Waals surface area contributed by atoms with E-state index in [-0.39, 0.29) is 12.1 Å². The average molecular weight is 329 g/mol. The highest BCUT2D eigenvalue weighted by molar-refractivity contribution is 5.52. The summed E-state index contributed by atoms with van der Waals surface area (Å²) in [6.45, 7) is 4.59. The Morgan fingerprint density at radius 3 is 2.67 bits per heavy atom. The molecule has 0 saturated carbocycles. The van der Waals surface area contributed by atoms with Gasteiger partial charge in [-0.2, -0.15) is 4.98 Å². The maximum absolute atomic E-state index is 5.62. The van der Waals surface area contributed by atoms with Gasteiger partial charge in [0.25, 0.3) is 0 Å². The van der Waals surface area contributed by atoms with Crippen molar-refractivity contribution in [1.82, 2.24) is 20.1 Å². The van der Waals surface area contributed by atoms with Gasteiger partial charge in [0, 0.05) is 31.3 Å². The Morgan fingerprint density at radius 2 is 1.92 bits per heavy atom. The summed E-state index contributed by atoms with van der Waals surface area (Å²) in [5.41, 5.74) is 2.48. The number of rotatable bonds is 3. The van der Waals surface area contributed by atoms with Gasteiger partial charge in [-0.15, -0.1) is 0 Å². The summed E-state index contributed by atoms with van der Waals surface area (Å²) in [4.78, 5) is 16.2. The summed E-state index contributed by atoms with van der Waals surface area (Å²) in [5.74, 6) is 3.16. The minimum atomic E-state index is 0.0106. The van der Waals surface area contributed by atoms with Crippen LogP contribution in [-0.2, 0) is 17.6 Å². The lowest BCUT2D eigenvalue weighted by atomic mass is 9.96. The molecule has 128 valence electrons. The number of nitrogens with zero attached hydrogens (tertiary/aromatic N) is 5. The molecule has 2 atom stereocenters. The molecule has 1 aliphatic carbocycles. The first kappa shape index (κ1) is 15.5. The second-order valence-electron chi connectivity index (χ2n) is 6.67. The fourth-order valence-electron chi connectivity index (χ4n) is 3.82. The van der Waals surface area contributed by atoms with E-state index in [4.69, 9.17) is 14.2 Å². The molecule has 2 aromatic heterocycles. The summed E-state index contributed by atoms with van der Waals surface area (Å²) < 4.78 is 11.1. The second-order valence-corrected chi connectivity index (χ2v) is 6.67. The molecule has 0 spiro atoms. The number of aromatic nitrogens is 4. The molecule has 7 heteroatoms. The van der Waals surface area contributed by atoms with Gasteiger partial charge >= 0.3 is 0 Å². The molecule has 0 N–H and O–H groups in total. The molecule has 0 bridgehead atoms. The average Bonchev–Trinajstić information content (AvgIpc) is 3.19. The van der Waals surface area contributed by atoms with Crippen molar-refractivity contribution in [3.8, 4) is 0 Å². The van der Waals surface area contributed by atoms with Crippen molar-refractivity contribution in [2.75, 3.05) is 18.6 Å². The minimum absolute atomic E-state index is 0.0106. The zero-order chi connectivity index (χ0) is 16.7. The molecular weight excluding hydrogens is 306 g/mol. The Hall–Kier alpha value is -2.02. The van der Waals surface area contributed by atoms with Gasteiger partial charge in [0.2, 0.25) is 5.89 Å². The molecule has 2 aliphatic rings. The normalized spacial score (nSPS) is 23.5. The van der Waals surface area contributed by atoms with Gasteiger partial charge in [-0.05, 0) is 39.5 Å². The monoisotopic (exact) mass is 329 g/mol. The van der Waals surface area contributed by atoms with Crippen molar-refractivity contribution in [3.05, 3.63) is 28.8 Å². The van der Waals surface area contributed by atoms with Crippen molar-refractivity contribution in [1.29, 1.82) is 0 Å². The van der Waals surface area contributed by atoms with Gasteiger partial charge in [0.1, 0.15) is 17.7 Å². The third kappa shape index (κ3) is 2.66. The van der Waals surface area contributed by atoms with E-state index in [1.54, 1.807) is 7.11 Å². The SMILES string of the molecule is COC1CC(c2nc(C)no2)N(c2nc(C)nc3c2CCCC3)C1. The van der Waals surface area contributed by atoms with Crippen LogP contribution >= 0.6 is 0 Å². The van der Waals surface area contributed by atoms with Crippen molar-refractivity contribution in [2.24, 2.45) is 0 Å². The molecule has 1 saturated heterocycles. The van der Waals surface area contributed by atoms with Gasteiger partial charge in [-0.3, -0.25) is 0 Å². The summed E-state index contributed by atoms with van der Waals surface area (Å²) >= 11 is 0. The number of fused-ring (bicyclic) bond motifs is 1. The van der Waals surface area contributed by atoms with Crippen LogP contribution < -0.4 is 4.90 Å². The van der Waals surface area contributed by atoms with Crippen molar-refractivity contribution in [3.63, 3.8) is 0 Å². The highest BCUT2D eigenvalue weighted by Gasteiger charge is 2.39. The summed E-state index contributed by atoms with van der Waals surface area (Å²) in [6.07, 6.45) is 5.44. The Bertz CT molecular complexity index is 745. The Balaban J connectivity index is 1.77. The molecule has 0 radical (unpaired) electrons. The number of hydrogen-bond acceptors (Lipinski definition) is 7. The molecule has 0 amide bonds. The highest BCUT2D eigenvalue weighted by atomic mass is 16.5. The van der Waals surface area contributed by atoms with Crippen molar-refractivity contribution < 1.29 is 9.26 Å². The zero-order valence-corrected chi connectivity index (χ0v) is 14.4. The predicted molar refractivity (Wildman–Crippen MR) is 87.9 cm³/mol. The first-order chi connectivity index (χ1) is 11.7. The van der Waals surface area contributed by atoms with Gasteiger partial charge < -0.3 is 14.2 Å². The van der Waals surface area contributed by atoms with Crippen molar-refractivity contribution >= 4 is 5.82 Å². The van der Waals surface area contributed by atoms with E-state index < -0.39 is 0 Å². The van der Waals surface area contributed by atoms with Crippen LogP contribution in [0.2, 0.25) is 0 Å². The van der Waals surface area contributed by atoms with Crippen LogP contribution in [0.15, 0.2) is 4.52 Å². The molecule has 0 aromatic carbocycles. The summed E-state index contributed by atoms with van der Waals surface area (Å²) in [7, 11) is 1.75. The summed E-state index contributed by atoms with van der Waals surface area (Å²) in [5, 5.41) is 3.96. The van der Waals surface area contributed by atoms with E-state index in [0.717, 1.165) is 37.4 Å². The topological polar surface area (TPSA) is 77.2 Å². The van der Waals surface area contributed by atoms with Crippen LogP contribution in [0.3, 0.4) is 0 Å². The van der Waals surface area contributed by atoms with Crippen molar-refractivity contribution in [2.45, 2.75) is 58.1 Å². The molecule has 7 nitrogen and oxygen atoms in total. The maximum Gasteiger partial charge on any atom is 0.249 e. The van der Waals surface area contributed by atoms with E-state index in [9.17, 15) is 0 Å². The molecular formula is C17H23N5O2. The number of ether oxygens (including phenoxy) is 1. The lowest BCUT2D eigenvalue weighted by Gasteiger charge is -2.28. The summed E-state index contributed by atoms with van der Waals surface area (Å²) in [6, 6.07) is 0.0106. The van der Waals surface area contributed by atoms with Gasteiger partial charge in [-0.1, -0.05) is 5.16 Å². The van der Waals surface area contributed by atoms with Gasteiger partial charge in [0.05, 0.1) is 6.10 Å². The van der Waals surface area contributed by atoms with Gasteiger partial charge in [0.15, 0.2) is 5.82 Å². The third-order valence-corrected chi connectivity index (χ3v) is 4.97. The number of hydrogen-bond donors (Lipinski definition) is 0. The van der Waals surface area contributed by atoms with Crippen LogP contribution in [0.4, 0.5) is 5.82 Å². The molecule has 1 fully saturated rings. The van der Waals surface area contributed by atoms with E-state index >= 15 is 0 Å². The van der Waals surface area contributed by atoms with E-state index in [1.165, 1.54) is 24.1 Å². The predicted octanol–water partition coefficient (Wildman–Crippen LogP) is 2.32. The fourth-order valence-corrected chi connectivity index (χ4v) is 3.82. The fraction of sp³-hybridized carbons (Fsp3) is 0.647. The van der Waals surface area contributed by atoms with E-state index in [0.29, 0.717) is 11.7 Å². The lowest BCUT2D eigenvalue weighted by molar-refractivity contribution is 0.117. The lowest BCUT2D eigenvalue weighted by Crippen LogP contribution is -2.28. The first-order valence-electron chi connectivity index (χ1n) is 8.61. The van der Waals surface area contributed by atoms with Gasteiger partial charge in [-0.25, -0.2) is 9.97 Å². The minimum Gasteiger partial charge on any atom is -0.380 e. The Kier molecular flexibility index (Phi) is 3.96. The number of aryl methyl sites for hydroxylation is 3. The van der Waals surface area contributed by atoms with E-state index in [1.807, 2.05) is 13.8 Å². The Morgan fingerprint density at radius 1 is 1.08 bits per heavy atom. The smallest absolute Gasteiger partial charge is 0.249 e. The van der Waals surface area contributed by atoms with Crippen LogP contribution in [-0.4, -0.2) is 39.9 Å². The quantitative estimate of drug-likeness (QED) is 0.855. The van der Waals surface area contributed by atoms with Crippen LogP contribution in [0, 0.1) is 13.8 Å². The highest BCUT2D eigenvalue weighted by Crippen LogP contribution is 2.39. The molecule has 2 aromatic rings. The van der Waals surface area contributed by atoms with Crippen LogP contribution in [0.25, 0.3) is 0 Å². The molecule has 24 heavy (non-hydrogen) atoms. The standard InChI is InChI=1S/C17H23N5O2/c1-10-18-14-7-5-4-6-13(14)16(19-10)22-9-12(23-3)8-15(22)17-20-11(2)21-24-17/h12,15H,4-9H2,1-3H3. The van der Waals surface area contributed by atoms with E-state index in [2.05, 4.69) is 20.0 Å². The molecule has 4 rings (SSSR count). The second kappa shape index (κ2) is 6.12. The largest absolute Gasteiger partial charge is 0.380 e. The Labute approximate surface area is 141 Å². The molecule has 2 unspecified atom stereocenters. The van der Waals surface area contributed by atoms with Crippen LogP contribution in [0.5, 0.6) is 0 Å². The zero-order valence-electron chi connectivity index (χ0n) is 14.4. The maximum atomic E-state index is 5.62. The molecule has 1 aliphatic heterocycles.